The summed E-state index contributed by atoms with van der Waals surface area (Å²) in [6.07, 6.45) is 2.19. The Morgan fingerprint density at radius 3 is 1.26 bits per heavy atom. The first-order valence-corrected chi connectivity index (χ1v) is 13.2. The lowest BCUT2D eigenvalue weighted by atomic mass is 9.92. The van der Waals surface area contributed by atoms with Gasteiger partial charge in [0.25, 0.3) is 0 Å². The monoisotopic (exact) mass is 480 g/mol. The third kappa shape index (κ3) is 9.14. The molecular weight excluding hydrogens is 424 g/mol. The van der Waals surface area contributed by atoms with Crippen LogP contribution < -0.4 is 0 Å². The fourth-order valence-corrected chi connectivity index (χ4v) is 4.53. The number of likely N-dealkylation sites (tertiary alicyclic amines) is 1. The molecule has 2 amide bonds. The molecule has 0 atom stereocenters. The number of carbonyl (C=O) groups is 2. The first kappa shape index (κ1) is 30.9. The molecule has 0 aromatic carbocycles. The van der Waals surface area contributed by atoms with Crippen molar-refractivity contribution in [2.45, 2.75) is 113 Å². The van der Waals surface area contributed by atoms with E-state index in [1.54, 1.807) is 0 Å². The molecular formula is C28H56N4O2. The lowest BCUT2D eigenvalue weighted by molar-refractivity contribution is -0.142. The van der Waals surface area contributed by atoms with Crippen molar-refractivity contribution in [3.8, 4) is 0 Å². The maximum atomic E-state index is 12.2. The van der Waals surface area contributed by atoms with Crippen molar-refractivity contribution < 1.29 is 9.59 Å². The number of nitrogens with zero attached hydrogens (tertiary/aromatic N) is 4. The SMILES string of the molecule is CC(C)(C)C(=O)N1CCN(C(C)(C)C)CC1.CN(C1CCN(C(=O)C(C)(C)C)CC1)C(C)(C)C. The zero-order chi connectivity index (χ0) is 26.7. The average molecular weight is 481 g/mol. The molecule has 200 valence electrons. The van der Waals surface area contributed by atoms with Gasteiger partial charge >= 0.3 is 0 Å². The minimum Gasteiger partial charge on any atom is -0.342 e. The fourth-order valence-electron chi connectivity index (χ4n) is 4.53. The van der Waals surface area contributed by atoms with Gasteiger partial charge < -0.3 is 9.80 Å². The third-order valence-electron chi connectivity index (χ3n) is 7.16. The second-order valence-corrected chi connectivity index (χ2v) is 14.3. The van der Waals surface area contributed by atoms with Crippen LogP contribution in [-0.4, -0.2) is 94.8 Å². The molecule has 0 aromatic heterocycles. The summed E-state index contributed by atoms with van der Waals surface area (Å²) >= 11 is 0. The number of amides is 2. The lowest BCUT2D eigenvalue weighted by Gasteiger charge is -2.44. The van der Waals surface area contributed by atoms with Crippen LogP contribution in [0.15, 0.2) is 0 Å². The molecule has 2 rings (SSSR count). The minimum atomic E-state index is -0.247. The second-order valence-electron chi connectivity index (χ2n) is 14.3. The number of hydrogen-bond acceptors (Lipinski definition) is 4. The standard InChI is InChI=1S/C15H30N2O.C13H26N2O/c1-14(2,3)13(18)17-10-8-12(9-11-17)16(7)15(4,5)6;1-12(2,3)11(16)14-7-9-15(10-8-14)13(4,5)6/h12H,8-11H2,1-7H3;7-10H2,1-6H3. The van der Waals surface area contributed by atoms with E-state index >= 15 is 0 Å². The largest absolute Gasteiger partial charge is 0.342 e. The highest BCUT2D eigenvalue weighted by atomic mass is 16.2. The van der Waals surface area contributed by atoms with E-state index < -0.39 is 0 Å². The van der Waals surface area contributed by atoms with Crippen molar-refractivity contribution in [2.24, 2.45) is 10.8 Å². The summed E-state index contributed by atoms with van der Waals surface area (Å²) in [4.78, 5) is 33.2. The summed E-state index contributed by atoms with van der Waals surface area (Å²) in [6, 6.07) is 0.606. The van der Waals surface area contributed by atoms with Gasteiger partial charge in [-0.3, -0.25) is 19.4 Å². The molecule has 6 nitrogen and oxygen atoms in total. The Kier molecular flexibility index (Phi) is 10.2. The lowest BCUT2D eigenvalue weighted by Crippen LogP contribution is -2.56. The van der Waals surface area contributed by atoms with Gasteiger partial charge in [0, 0.05) is 67.2 Å². The Bertz CT molecular complexity index is 660. The van der Waals surface area contributed by atoms with Gasteiger partial charge in [-0.15, -0.1) is 0 Å². The van der Waals surface area contributed by atoms with Crippen molar-refractivity contribution in [1.82, 2.24) is 19.6 Å². The molecule has 6 heteroatoms. The molecule has 0 radical (unpaired) electrons. The van der Waals surface area contributed by atoms with Gasteiger partial charge in [-0.2, -0.15) is 0 Å². The molecule has 2 aliphatic heterocycles. The van der Waals surface area contributed by atoms with Crippen LogP contribution in [0.25, 0.3) is 0 Å². The molecule has 2 aliphatic rings. The molecule has 0 unspecified atom stereocenters. The van der Waals surface area contributed by atoms with E-state index in [9.17, 15) is 9.59 Å². The molecule has 0 N–H and O–H groups in total. The minimum absolute atomic E-state index is 0.209. The molecule has 0 bridgehead atoms. The topological polar surface area (TPSA) is 47.1 Å². The van der Waals surface area contributed by atoms with E-state index in [4.69, 9.17) is 0 Å². The zero-order valence-electron chi connectivity index (χ0n) is 24.8. The Labute approximate surface area is 211 Å². The highest BCUT2D eigenvalue weighted by Crippen LogP contribution is 2.26. The van der Waals surface area contributed by atoms with Crippen molar-refractivity contribution in [1.29, 1.82) is 0 Å². The quantitative estimate of drug-likeness (QED) is 0.544. The van der Waals surface area contributed by atoms with Crippen molar-refractivity contribution >= 4 is 11.8 Å². The molecule has 2 heterocycles. The summed E-state index contributed by atoms with van der Waals surface area (Å²) in [6.45, 7) is 31.0. The molecule has 0 aliphatic carbocycles. The number of hydrogen-bond donors (Lipinski definition) is 0. The zero-order valence-corrected chi connectivity index (χ0v) is 24.8. The Morgan fingerprint density at radius 1 is 0.618 bits per heavy atom. The van der Waals surface area contributed by atoms with Crippen molar-refractivity contribution in [3.63, 3.8) is 0 Å². The van der Waals surface area contributed by atoms with Gasteiger partial charge in [-0.25, -0.2) is 0 Å². The highest BCUT2D eigenvalue weighted by Gasteiger charge is 2.34. The van der Waals surface area contributed by atoms with Crippen LogP contribution in [0.2, 0.25) is 0 Å². The van der Waals surface area contributed by atoms with E-state index in [1.807, 2.05) is 51.3 Å². The van der Waals surface area contributed by atoms with Crippen LogP contribution in [0.3, 0.4) is 0 Å². The van der Waals surface area contributed by atoms with Crippen LogP contribution in [0.1, 0.15) is 95.9 Å². The third-order valence-corrected chi connectivity index (χ3v) is 7.16. The Morgan fingerprint density at radius 2 is 0.971 bits per heavy atom. The predicted molar refractivity (Wildman–Crippen MR) is 144 cm³/mol. The smallest absolute Gasteiger partial charge is 0.228 e. The Hall–Kier alpha value is -1.14. The second kappa shape index (κ2) is 11.3. The molecule has 0 aromatic rings. The normalized spacial score (nSPS) is 19.7. The van der Waals surface area contributed by atoms with Gasteiger partial charge in [0.1, 0.15) is 0 Å². The molecule has 0 spiro atoms. The van der Waals surface area contributed by atoms with Crippen LogP contribution >= 0.6 is 0 Å². The van der Waals surface area contributed by atoms with Gasteiger partial charge in [0.15, 0.2) is 0 Å². The number of piperidine rings is 1. The summed E-state index contributed by atoms with van der Waals surface area (Å²) in [5.41, 5.74) is -0.0651. The Balaban J connectivity index is 0.000000342. The summed E-state index contributed by atoms with van der Waals surface area (Å²) in [5.74, 6) is 0.570. The van der Waals surface area contributed by atoms with Crippen molar-refractivity contribution in [3.05, 3.63) is 0 Å². The first-order valence-electron chi connectivity index (χ1n) is 13.2. The molecule has 0 saturated carbocycles. The molecule has 34 heavy (non-hydrogen) atoms. The predicted octanol–water partition coefficient (Wildman–Crippen LogP) is 4.73. The van der Waals surface area contributed by atoms with Gasteiger partial charge in [-0.1, -0.05) is 41.5 Å². The number of piperazine rings is 1. The van der Waals surface area contributed by atoms with E-state index in [1.165, 1.54) is 0 Å². The van der Waals surface area contributed by atoms with E-state index in [-0.39, 0.29) is 27.8 Å². The van der Waals surface area contributed by atoms with Crippen LogP contribution in [0.5, 0.6) is 0 Å². The maximum Gasteiger partial charge on any atom is 0.228 e. The maximum absolute atomic E-state index is 12.2. The van der Waals surface area contributed by atoms with E-state index in [2.05, 4.69) is 58.4 Å². The van der Waals surface area contributed by atoms with E-state index in [0.717, 1.165) is 52.1 Å². The van der Waals surface area contributed by atoms with Crippen LogP contribution in [-0.2, 0) is 9.59 Å². The summed E-state index contributed by atoms with van der Waals surface area (Å²) in [7, 11) is 2.20. The summed E-state index contributed by atoms with van der Waals surface area (Å²) in [5, 5.41) is 0. The summed E-state index contributed by atoms with van der Waals surface area (Å²) < 4.78 is 0. The van der Waals surface area contributed by atoms with Gasteiger partial charge in [0.2, 0.25) is 11.8 Å². The molecule has 2 saturated heterocycles. The fraction of sp³-hybridized carbons (Fsp3) is 0.929. The highest BCUT2D eigenvalue weighted by molar-refractivity contribution is 5.82. The average Bonchev–Trinajstić information content (AvgIpc) is 2.70. The first-order chi connectivity index (χ1) is 15.2. The molecule has 2 fully saturated rings. The van der Waals surface area contributed by atoms with Crippen LogP contribution in [0, 0.1) is 10.8 Å². The van der Waals surface area contributed by atoms with Crippen LogP contribution in [0.4, 0.5) is 0 Å². The number of carbonyl (C=O) groups excluding carboxylic acids is 2. The van der Waals surface area contributed by atoms with Gasteiger partial charge in [-0.05, 0) is 61.4 Å². The number of rotatable bonds is 1. The van der Waals surface area contributed by atoms with Crippen molar-refractivity contribution in [2.75, 3.05) is 46.3 Å². The van der Waals surface area contributed by atoms with Gasteiger partial charge in [0.05, 0.1) is 0 Å². The van der Waals surface area contributed by atoms with E-state index in [0.29, 0.717) is 11.9 Å².